The van der Waals surface area contributed by atoms with Gasteiger partial charge < -0.3 is 0 Å². The van der Waals surface area contributed by atoms with Crippen molar-refractivity contribution in [2.75, 3.05) is 0 Å². The molecule has 0 aliphatic heterocycles. The number of rotatable bonds is 0. The summed E-state index contributed by atoms with van der Waals surface area (Å²) in [7, 11) is 0. The fourth-order valence-corrected chi connectivity index (χ4v) is 0.195. The molecule has 0 atom stereocenters. The van der Waals surface area contributed by atoms with Crippen LogP contribution >= 0.6 is 0 Å². The van der Waals surface area contributed by atoms with Crippen LogP contribution in [0.1, 0.15) is 0 Å². The molecule has 0 radical (unpaired) electrons. The molecule has 0 saturated heterocycles. The van der Waals surface area contributed by atoms with Crippen molar-refractivity contribution in [1.82, 2.24) is 0 Å². The molecule has 42 valence electrons. The predicted octanol–water partition coefficient (Wildman–Crippen LogP) is 0.400. The van der Waals surface area contributed by atoms with Crippen molar-refractivity contribution in [2.45, 2.75) is 0 Å². The number of hydrogen-bond acceptors (Lipinski definition) is 2. The molecule has 10 heavy (non-hydrogen) atoms. The highest BCUT2D eigenvalue weighted by atomic mass is 14.2. The first-order valence-corrected chi connectivity index (χ1v) is 2.27. The van der Waals surface area contributed by atoms with E-state index in [9.17, 15) is 0 Å². The highest BCUT2D eigenvalue weighted by molar-refractivity contribution is 5.33. The molecule has 2 nitrogen and oxygen atoms in total. The minimum absolute atomic E-state index is 1.11. The lowest BCUT2D eigenvalue weighted by molar-refractivity contribution is 1.53. The van der Waals surface area contributed by atoms with Gasteiger partial charge in [0.1, 0.15) is 6.08 Å². The molecular formula is C8HN2+. The van der Waals surface area contributed by atoms with E-state index in [1.54, 1.807) is 12.1 Å². The van der Waals surface area contributed by atoms with Crippen molar-refractivity contribution < 1.29 is 0 Å². The molecule has 0 aromatic heterocycles. The maximum atomic E-state index is 7.94. The van der Waals surface area contributed by atoms with Crippen LogP contribution in [0.4, 0.5) is 0 Å². The molecule has 0 aliphatic carbocycles. The SMILES string of the molecule is N#CC#CC#C[C+]=CC#N. The van der Waals surface area contributed by atoms with Crippen LogP contribution in [0.15, 0.2) is 6.08 Å². The Balaban J connectivity index is 3.88. The van der Waals surface area contributed by atoms with E-state index in [1.807, 2.05) is 0 Å². The molecule has 2 heteroatoms. The standard InChI is InChI=1S/C8HN2/c9-7-5-3-1-2-4-6-8-10/h5H/q+1. The lowest BCUT2D eigenvalue weighted by atomic mass is 10.5. The first-order chi connectivity index (χ1) is 4.91. The van der Waals surface area contributed by atoms with Gasteiger partial charge in [-0.1, -0.05) is 5.26 Å². The first-order valence-electron chi connectivity index (χ1n) is 2.27. The average Bonchev–Trinajstić information content (AvgIpc) is 1.97. The second kappa shape index (κ2) is 6.75. The van der Waals surface area contributed by atoms with Gasteiger partial charge in [-0.25, -0.2) is 0 Å². The van der Waals surface area contributed by atoms with Crippen LogP contribution in [-0.2, 0) is 0 Å². The molecular weight excluding hydrogens is 124 g/mol. The maximum Gasteiger partial charge on any atom is 0.255 e. The third-order valence-electron chi connectivity index (χ3n) is 0.452. The van der Waals surface area contributed by atoms with Gasteiger partial charge in [-0.3, -0.25) is 0 Å². The molecule has 0 N–H and O–H groups in total. The van der Waals surface area contributed by atoms with Crippen molar-refractivity contribution in [3.63, 3.8) is 0 Å². The zero-order valence-corrected chi connectivity index (χ0v) is 4.97. The summed E-state index contributed by atoms with van der Waals surface area (Å²) in [5.74, 6) is 8.91. The summed E-state index contributed by atoms with van der Waals surface area (Å²) in [5.41, 5.74) is 0. The summed E-state index contributed by atoms with van der Waals surface area (Å²) in [4.78, 5) is 0. The lowest BCUT2D eigenvalue weighted by Crippen LogP contribution is -1.52. The van der Waals surface area contributed by atoms with Gasteiger partial charge in [0.25, 0.3) is 6.07 Å². The molecule has 0 unspecified atom stereocenters. The highest BCUT2D eigenvalue weighted by Gasteiger charge is 1.71. The third kappa shape index (κ3) is 5.75. The van der Waals surface area contributed by atoms with Crippen LogP contribution in [0.3, 0.4) is 0 Å². The Kier molecular flexibility index (Phi) is 5.23. The molecule has 0 bridgehead atoms. The molecule has 0 heterocycles. The van der Waals surface area contributed by atoms with E-state index in [-0.39, 0.29) is 0 Å². The Morgan fingerprint density at radius 1 is 1.10 bits per heavy atom. The second-order valence-electron chi connectivity index (χ2n) is 1.03. The smallest absolute Gasteiger partial charge is 0.183 e. The first kappa shape index (κ1) is 7.75. The highest BCUT2D eigenvalue weighted by Crippen LogP contribution is 1.61. The van der Waals surface area contributed by atoms with Crippen molar-refractivity contribution >= 4 is 0 Å². The van der Waals surface area contributed by atoms with Gasteiger partial charge in [0.05, 0.1) is 5.92 Å². The number of hydrogen-bond donors (Lipinski definition) is 0. The van der Waals surface area contributed by atoms with Gasteiger partial charge in [0.2, 0.25) is 6.08 Å². The monoisotopic (exact) mass is 125 g/mol. The number of nitriles is 2. The Morgan fingerprint density at radius 3 is 2.50 bits per heavy atom. The second-order valence-corrected chi connectivity index (χ2v) is 1.03. The van der Waals surface area contributed by atoms with E-state index in [2.05, 4.69) is 29.8 Å². The Labute approximate surface area is 59.4 Å². The summed E-state index contributed by atoms with van der Waals surface area (Å²) in [6.07, 6.45) is 3.45. The fraction of sp³-hybridized carbons (Fsp3) is 0. The van der Waals surface area contributed by atoms with Crippen molar-refractivity contribution in [2.24, 2.45) is 0 Å². The molecule has 0 aromatic carbocycles. The van der Waals surface area contributed by atoms with Crippen LogP contribution < -0.4 is 0 Å². The van der Waals surface area contributed by atoms with Gasteiger partial charge in [-0.2, -0.15) is 5.26 Å². The quantitative estimate of drug-likeness (QED) is 0.267. The fourth-order valence-electron chi connectivity index (χ4n) is 0.195. The van der Waals surface area contributed by atoms with E-state index in [0.717, 1.165) is 6.08 Å². The topological polar surface area (TPSA) is 47.6 Å². The van der Waals surface area contributed by atoms with Crippen molar-refractivity contribution in [3.05, 3.63) is 12.2 Å². The molecule has 0 aromatic rings. The molecule has 0 saturated carbocycles. The largest absolute Gasteiger partial charge is 0.255 e. The van der Waals surface area contributed by atoms with E-state index >= 15 is 0 Å². The lowest BCUT2D eigenvalue weighted by Gasteiger charge is -1.42. The Hall–Kier alpha value is -2.25. The maximum absolute atomic E-state index is 7.94. The molecule has 0 fully saturated rings. The molecule has 0 spiro atoms. The summed E-state index contributed by atoms with van der Waals surface area (Å²) in [6, 6.07) is 3.30. The van der Waals surface area contributed by atoms with Gasteiger partial charge >= 0.3 is 0 Å². The normalized spacial score (nSPS) is 5.00. The van der Waals surface area contributed by atoms with Crippen LogP contribution in [0.5, 0.6) is 0 Å². The predicted molar refractivity (Wildman–Crippen MR) is 34.6 cm³/mol. The van der Waals surface area contributed by atoms with E-state index in [1.165, 1.54) is 0 Å². The van der Waals surface area contributed by atoms with Gasteiger partial charge in [-0.15, -0.1) is 0 Å². The van der Waals surface area contributed by atoms with Gasteiger partial charge in [0.15, 0.2) is 17.9 Å². The van der Waals surface area contributed by atoms with Crippen molar-refractivity contribution in [3.8, 4) is 35.8 Å². The third-order valence-corrected chi connectivity index (χ3v) is 0.452. The zero-order valence-electron chi connectivity index (χ0n) is 4.97. The van der Waals surface area contributed by atoms with Crippen molar-refractivity contribution in [1.29, 1.82) is 10.5 Å². The van der Waals surface area contributed by atoms with E-state index < -0.39 is 0 Å². The van der Waals surface area contributed by atoms with Gasteiger partial charge in [0, 0.05) is 5.92 Å². The summed E-state index contributed by atoms with van der Waals surface area (Å²) in [5, 5.41) is 15.8. The number of nitrogens with zero attached hydrogens (tertiary/aromatic N) is 2. The minimum Gasteiger partial charge on any atom is -0.183 e. The zero-order chi connectivity index (χ0) is 7.66. The molecule has 0 aliphatic rings. The van der Waals surface area contributed by atoms with Crippen LogP contribution in [0.25, 0.3) is 0 Å². The summed E-state index contributed by atoms with van der Waals surface area (Å²) >= 11 is 0. The molecule has 0 amide bonds. The summed E-state index contributed by atoms with van der Waals surface area (Å²) in [6.45, 7) is 0. The van der Waals surface area contributed by atoms with E-state index in [0.29, 0.717) is 0 Å². The Bertz CT molecular complexity index is 315. The van der Waals surface area contributed by atoms with Crippen LogP contribution in [0.2, 0.25) is 0 Å². The number of allylic oxidation sites excluding steroid dienone is 2. The van der Waals surface area contributed by atoms with Crippen LogP contribution in [0, 0.1) is 52.4 Å². The minimum atomic E-state index is 1.11. The summed E-state index contributed by atoms with van der Waals surface area (Å²) < 4.78 is 0. The van der Waals surface area contributed by atoms with Crippen LogP contribution in [-0.4, -0.2) is 0 Å². The average molecular weight is 125 g/mol. The van der Waals surface area contributed by atoms with Gasteiger partial charge in [-0.05, 0) is 0 Å². The molecule has 0 rings (SSSR count). The van der Waals surface area contributed by atoms with E-state index in [4.69, 9.17) is 10.5 Å². The Morgan fingerprint density at radius 2 is 1.90 bits per heavy atom.